The fourth-order valence-corrected chi connectivity index (χ4v) is 7.03. The van der Waals surface area contributed by atoms with Gasteiger partial charge in [-0.2, -0.15) is 0 Å². The van der Waals surface area contributed by atoms with E-state index in [2.05, 4.69) is 12.2 Å². The summed E-state index contributed by atoms with van der Waals surface area (Å²) in [6, 6.07) is 13.7. The summed E-state index contributed by atoms with van der Waals surface area (Å²) in [6.45, 7) is 0.202. The smallest absolute Gasteiger partial charge is 0.316 e. The van der Waals surface area contributed by atoms with Crippen molar-refractivity contribution in [3.63, 3.8) is 0 Å². The molecule has 8 nitrogen and oxygen atoms in total. The number of carbonyl (C=O) groups is 4. The third-order valence-electron chi connectivity index (χ3n) is 8.81. The molecule has 0 radical (unpaired) electrons. The number of anilines is 2. The second kappa shape index (κ2) is 8.03. The molecule has 0 unspecified atom stereocenters. The van der Waals surface area contributed by atoms with Gasteiger partial charge in [-0.3, -0.25) is 24.1 Å². The van der Waals surface area contributed by atoms with Crippen molar-refractivity contribution in [3.8, 4) is 11.5 Å². The maximum atomic E-state index is 13.3. The van der Waals surface area contributed by atoms with Gasteiger partial charge < -0.3 is 14.4 Å². The van der Waals surface area contributed by atoms with E-state index >= 15 is 0 Å². The van der Waals surface area contributed by atoms with Crippen LogP contribution in [0.4, 0.5) is 11.4 Å². The first-order valence-electron chi connectivity index (χ1n) is 12.8. The number of esters is 1. The molecule has 2 aromatic rings. The first-order valence-corrected chi connectivity index (χ1v) is 12.8. The van der Waals surface area contributed by atoms with Crippen LogP contribution < -0.4 is 19.3 Å². The lowest BCUT2D eigenvalue weighted by atomic mass is 9.63. The van der Waals surface area contributed by atoms with Crippen LogP contribution in [0.25, 0.3) is 0 Å². The number of imide groups is 1. The third kappa shape index (κ3) is 3.27. The molecule has 0 spiro atoms. The summed E-state index contributed by atoms with van der Waals surface area (Å²) < 4.78 is 10.9. The van der Waals surface area contributed by atoms with E-state index in [0.717, 1.165) is 6.42 Å². The van der Waals surface area contributed by atoms with Crippen molar-refractivity contribution in [3.05, 3.63) is 60.7 Å². The first kappa shape index (κ1) is 22.3. The summed E-state index contributed by atoms with van der Waals surface area (Å²) in [6.07, 6.45) is 5.48. The third-order valence-corrected chi connectivity index (χ3v) is 8.81. The Balaban J connectivity index is 1.04. The zero-order chi connectivity index (χ0) is 25.4. The van der Waals surface area contributed by atoms with Crippen molar-refractivity contribution in [1.29, 1.82) is 0 Å². The molecular weight excluding hydrogens is 472 g/mol. The van der Waals surface area contributed by atoms with Crippen LogP contribution >= 0.6 is 0 Å². The Labute approximate surface area is 213 Å². The molecule has 3 amide bonds. The van der Waals surface area contributed by atoms with Crippen LogP contribution in [0.2, 0.25) is 0 Å². The van der Waals surface area contributed by atoms with E-state index in [1.807, 2.05) is 12.1 Å². The van der Waals surface area contributed by atoms with Crippen molar-refractivity contribution < 1.29 is 28.7 Å². The second-order valence-electron chi connectivity index (χ2n) is 10.7. The topological polar surface area (TPSA) is 93.2 Å². The van der Waals surface area contributed by atoms with E-state index < -0.39 is 11.9 Å². The van der Waals surface area contributed by atoms with Crippen molar-refractivity contribution in [1.82, 2.24) is 0 Å². The summed E-state index contributed by atoms with van der Waals surface area (Å²) in [5, 5.41) is 0. The van der Waals surface area contributed by atoms with Crippen molar-refractivity contribution in [2.75, 3.05) is 23.5 Å². The largest absolute Gasteiger partial charge is 0.495 e. The van der Waals surface area contributed by atoms with Crippen molar-refractivity contribution in [2.24, 2.45) is 41.4 Å². The number of carbonyl (C=O) groups excluding carboxylic acids is 4. The predicted molar refractivity (Wildman–Crippen MR) is 133 cm³/mol. The summed E-state index contributed by atoms with van der Waals surface area (Å²) >= 11 is 0. The van der Waals surface area contributed by atoms with E-state index in [-0.39, 0.29) is 54.4 Å². The molecular formula is C29H26N2O6. The van der Waals surface area contributed by atoms with E-state index in [9.17, 15) is 19.2 Å². The van der Waals surface area contributed by atoms with Gasteiger partial charge in [0.25, 0.3) is 0 Å². The molecule has 4 fully saturated rings. The van der Waals surface area contributed by atoms with Crippen LogP contribution in [0, 0.1) is 41.4 Å². The average Bonchev–Trinajstić information content (AvgIpc) is 3.59. The molecule has 37 heavy (non-hydrogen) atoms. The van der Waals surface area contributed by atoms with E-state index in [0.29, 0.717) is 34.7 Å². The van der Waals surface area contributed by atoms with Crippen molar-refractivity contribution in [2.45, 2.75) is 12.8 Å². The summed E-state index contributed by atoms with van der Waals surface area (Å²) in [7, 11) is 1.54. The highest BCUT2D eigenvalue weighted by molar-refractivity contribution is 6.22. The van der Waals surface area contributed by atoms with Crippen LogP contribution in [-0.2, 0) is 19.2 Å². The Kier molecular flexibility index (Phi) is 4.83. The molecule has 2 aromatic carbocycles. The lowest BCUT2D eigenvalue weighted by Gasteiger charge is -2.37. The maximum Gasteiger partial charge on any atom is 0.316 e. The molecule has 8 rings (SSSR count). The lowest BCUT2D eigenvalue weighted by molar-refractivity contribution is -0.139. The SMILES string of the molecule is COc1ccccc1N1C[C@H](C(=O)Oc2ccc(N3C(=O)[C@@H]4[C@H]5C=C[C@@H]([C@@H]6C[C@H]56)[C@@H]4C3=O)cc2)CC1=O. The number of hydrogen-bond acceptors (Lipinski definition) is 6. The van der Waals surface area contributed by atoms with Crippen LogP contribution in [0.1, 0.15) is 12.8 Å². The molecule has 188 valence electrons. The van der Waals surface area contributed by atoms with Crippen LogP contribution in [0.5, 0.6) is 11.5 Å². The quantitative estimate of drug-likeness (QED) is 0.272. The number of amides is 3. The Morgan fingerprint density at radius 1 is 0.892 bits per heavy atom. The number of rotatable bonds is 5. The zero-order valence-corrected chi connectivity index (χ0v) is 20.3. The number of nitrogens with zero attached hydrogens (tertiary/aromatic N) is 2. The maximum absolute atomic E-state index is 13.3. The number of allylic oxidation sites excluding steroid dienone is 2. The highest BCUT2D eigenvalue weighted by Crippen LogP contribution is 2.65. The number of benzene rings is 2. The van der Waals surface area contributed by atoms with Gasteiger partial charge in [0.05, 0.1) is 36.2 Å². The molecule has 0 aromatic heterocycles. The van der Waals surface area contributed by atoms with Gasteiger partial charge >= 0.3 is 5.97 Å². The number of methoxy groups -OCH3 is 1. The molecule has 0 N–H and O–H groups in total. The number of ether oxygens (including phenoxy) is 2. The van der Waals surface area contributed by atoms with Gasteiger partial charge in [0, 0.05) is 13.0 Å². The summed E-state index contributed by atoms with van der Waals surface area (Å²) in [5.74, 6) is 0.278. The Morgan fingerprint density at radius 2 is 1.54 bits per heavy atom. The fourth-order valence-electron chi connectivity index (χ4n) is 7.03. The minimum atomic E-state index is -0.614. The summed E-state index contributed by atoms with van der Waals surface area (Å²) in [5.41, 5.74) is 1.12. The van der Waals surface area contributed by atoms with Gasteiger partial charge in [-0.1, -0.05) is 24.3 Å². The molecule has 2 saturated heterocycles. The number of para-hydroxylation sites is 2. The molecule has 6 aliphatic rings. The van der Waals surface area contributed by atoms with Crippen LogP contribution in [0.3, 0.4) is 0 Å². The van der Waals surface area contributed by atoms with Crippen molar-refractivity contribution >= 4 is 35.1 Å². The number of hydrogen-bond donors (Lipinski definition) is 0. The molecule has 8 heteroatoms. The molecule has 7 atom stereocenters. The minimum Gasteiger partial charge on any atom is -0.495 e. The monoisotopic (exact) mass is 498 g/mol. The van der Waals surface area contributed by atoms with Gasteiger partial charge in [-0.25, -0.2) is 0 Å². The molecule has 2 saturated carbocycles. The van der Waals surface area contributed by atoms with Gasteiger partial charge in [0.2, 0.25) is 17.7 Å². The predicted octanol–water partition coefficient (Wildman–Crippen LogP) is 3.21. The standard InChI is InChI=1S/C29H26N2O6/c1-36-23-5-3-2-4-22(23)30-14-15(12-24(30)32)29(35)37-17-8-6-16(7-9-17)31-27(33)25-18-10-11-19(21-13-20(18)21)26(25)28(31)34/h2-11,15,18-21,25-26H,12-14H2,1H3/t15-,18+,19+,20-,21+,25-,26+/m1/s1. The van der Waals surface area contributed by atoms with E-state index in [4.69, 9.17) is 9.47 Å². The van der Waals surface area contributed by atoms with Gasteiger partial charge in [0.1, 0.15) is 11.5 Å². The Hall–Kier alpha value is -3.94. The first-order chi connectivity index (χ1) is 18.0. The minimum absolute atomic E-state index is 0.0485. The Bertz CT molecular complexity index is 1330. The summed E-state index contributed by atoms with van der Waals surface area (Å²) in [4.78, 5) is 55.0. The lowest BCUT2D eigenvalue weighted by Crippen LogP contribution is -2.40. The molecule has 4 aliphatic carbocycles. The fraction of sp³-hybridized carbons (Fsp3) is 0.379. The zero-order valence-electron chi connectivity index (χ0n) is 20.3. The van der Waals surface area contributed by atoms with Crippen LogP contribution in [0.15, 0.2) is 60.7 Å². The highest BCUT2D eigenvalue weighted by Gasteiger charge is 2.67. The Morgan fingerprint density at radius 3 is 2.19 bits per heavy atom. The highest BCUT2D eigenvalue weighted by atomic mass is 16.5. The van der Waals surface area contributed by atoms with Gasteiger partial charge in [0.15, 0.2) is 0 Å². The van der Waals surface area contributed by atoms with Gasteiger partial charge in [-0.15, -0.1) is 0 Å². The second-order valence-corrected chi connectivity index (χ2v) is 10.7. The molecule has 2 aliphatic heterocycles. The average molecular weight is 499 g/mol. The van der Waals surface area contributed by atoms with E-state index in [1.165, 1.54) is 12.0 Å². The molecule has 2 heterocycles. The molecule has 2 bridgehead atoms. The normalized spacial score (nSPS) is 33.0. The van der Waals surface area contributed by atoms with E-state index in [1.54, 1.807) is 41.3 Å². The van der Waals surface area contributed by atoms with Crippen LogP contribution in [-0.4, -0.2) is 37.3 Å². The van der Waals surface area contributed by atoms with Gasteiger partial charge in [-0.05, 0) is 66.5 Å².